The zero-order chi connectivity index (χ0) is 12.2. The van der Waals surface area contributed by atoms with Gasteiger partial charge in [0.15, 0.2) is 0 Å². The maximum absolute atomic E-state index is 11.2. The summed E-state index contributed by atoms with van der Waals surface area (Å²) >= 11 is 3.30. The van der Waals surface area contributed by atoms with Gasteiger partial charge in [-0.15, -0.1) is 5.11 Å². The lowest BCUT2D eigenvalue weighted by Gasteiger charge is -2.16. The molecular formula is C11H13BrN2O2. The fraction of sp³-hybridized carbons (Fsp3) is 0.364. The number of rotatable bonds is 1. The molecular weight excluding hydrogens is 272 g/mol. The van der Waals surface area contributed by atoms with Gasteiger partial charge in [0.2, 0.25) is 0 Å². The smallest absolute Gasteiger partial charge is 0.441 e. The van der Waals surface area contributed by atoms with Gasteiger partial charge in [-0.05, 0) is 45.0 Å². The van der Waals surface area contributed by atoms with Crippen molar-refractivity contribution >= 4 is 27.7 Å². The van der Waals surface area contributed by atoms with Crippen LogP contribution in [-0.4, -0.2) is 11.7 Å². The van der Waals surface area contributed by atoms with E-state index in [1.807, 2.05) is 12.1 Å². The molecule has 0 saturated carbocycles. The minimum absolute atomic E-state index is 0.546. The molecule has 86 valence electrons. The van der Waals surface area contributed by atoms with E-state index in [0.29, 0.717) is 5.69 Å². The number of carbonyl (C=O) groups is 1. The Balaban J connectivity index is 2.60. The molecule has 0 N–H and O–H groups in total. The first-order chi connectivity index (χ1) is 7.37. The Kier molecular flexibility index (Phi) is 4.18. The van der Waals surface area contributed by atoms with Crippen LogP contribution in [0.3, 0.4) is 0 Å². The molecule has 1 rings (SSSR count). The average molecular weight is 285 g/mol. The minimum atomic E-state index is -0.685. The number of halogens is 1. The number of ether oxygens (including phenoxy) is 1. The molecule has 0 aliphatic carbocycles. The summed E-state index contributed by atoms with van der Waals surface area (Å²) in [4.78, 5) is 11.2. The van der Waals surface area contributed by atoms with Gasteiger partial charge in [-0.3, -0.25) is 0 Å². The zero-order valence-electron chi connectivity index (χ0n) is 9.40. The maximum atomic E-state index is 11.2. The zero-order valence-corrected chi connectivity index (χ0v) is 11.0. The van der Waals surface area contributed by atoms with Crippen molar-refractivity contribution in [1.29, 1.82) is 0 Å². The molecule has 1 aromatic rings. The van der Waals surface area contributed by atoms with E-state index in [2.05, 4.69) is 26.2 Å². The second-order valence-corrected chi connectivity index (χ2v) is 5.07. The molecule has 4 nitrogen and oxygen atoms in total. The molecule has 0 spiro atoms. The fourth-order valence-corrected chi connectivity index (χ4v) is 1.15. The molecule has 0 unspecified atom stereocenters. The topological polar surface area (TPSA) is 51.0 Å². The molecule has 0 heterocycles. The fourth-order valence-electron chi connectivity index (χ4n) is 0.889. The SMILES string of the molecule is CC(C)(C)OC(=O)N=Nc1ccc(Br)cc1. The van der Waals surface area contributed by atoms with Gasteiger partial charge in [0.05, 0.1) is 5.69 Å². The summed E-state index contributed by atoms with van der Waals surface area (Å²) in [6, 6.07) is 7.14. The van der Waals surface area contributed by atoms with Crippen LogP contribution in [0.4, 0.5) is 10.5 Å². The summed E-state index contributed by atoms with van der Waals surface area (Å²) in [6.07, 6.45) is -0.685. The summed E-state index contributed by atoms with van der Waals surface area (Å²) in [5.41, 5.74) is 0.0598. The molecule has 1 aromatic carbocycles. The second-order valence-electron chi connectivity index (χ2n) is 4.16. The molecule has 16 heavy (non-hydrogen) atoms. The van der Waals surface area contributed by atoms with E-state index in [4.69, 9.17) is 4.74 Å². The van der Waals surface area contributed by atoms with Gasteiger partial charge in [-0.25, -0.2) is 4.79 Å². The van der Waals surface area contributed by atoms with Crippen LogP contribution in [-0.2, 0) is 4.74 Å². The van der Waals surface area contributed by atoms with Crippen LogP contribution in [0.1, 0.15) is 20.8 Å². The van der Waals surface area contributed by atoms with Gasteiger partial charge < -0.3 is 4.74 Å². The molecule has 5 heteroatoms. The monoisotopic (exact) mass is 284 g/mol. The summed E-state index contributed by atoms with van der Waals surface area (Å²) in [6.45, 7) is 5.33. The Bertz CT molecular complexity index is 393. The normalized spacial score (nSPS) is 11.8. The van der Waals surface area contributed by atoms with Gasteiger partial charge in [0.1, 0.15) is 5.60 Å². The van der Waals surface area contributed by atoms with Crippen molar-refractivity contribution < 1.29 is 9.53 Å². The first-order valence-corrected chi connectivity index (χ1v) is 5.56. The Morgan fingerprint density at radius 3 is 2.31 bits per heavy atom. The number of carbonyl (C=O) groups excluding carboxylic acids is 1. The van der Waals surface area contributed by atoms with E-state index in [9.17, 15) is 4.79 Å². The highest BCUT2D eigenvalue weighted by molar-refractivity contribution is 9.10. The van der Waals surface area contributed by atoms with Crippen LogP contribution in [0.5, 0.6) is 0 Å². The van der Waals surface area contributed by atoms with E-state index < -0.39 is 11.7 Å². The van der Waals surface area contributed by atoms with Crippen molar-refractivity contribution in [2.45, 2.75) is 26.4 Å². The minimum Gasteiger partial charge on any atom is -0.441 e. The Morgan fingerprint density at radius 2 is 1.81 bits per heavy atom. The number of nitrogens with zero attached hydrogens (tertiary/aromatic N) is 2. The molecule has 0 aliphatic heterocycles. The van der Waals surface area contributed by atoms with Gasteiger partial charge in [-0.1, -0.05) is 21.0 Å². The Morgan fingerprint density at radius 1 is 1.25 bits per heavy atom. The van der Waals surface area contributed by atoms with Crippen LogP contribution in [0.15, 0.2) is 39.0 Å². The van der Waals surface area contributed by atoms with Gasteiger partial charge in [-0.2, -0.15) is 0 Å². The Hall–Kier alpha value is -1.23. The summed E-state index contributed by atoms with van der Waals surface area (Å²) in [5, 5.41) is 7.22. The number of hydrogen-bond acceptors (Lipinski definition) is 3. The van der Waals surface area contributed by atoms with Crippen molar-refractivity contribution in [3.63, 3.8) is 0 Å². The van der Waals surface area contributed by atoms with Crippen molar-refractivity contribution in [1.82, 2.24) is 0 Å². The van der Waals surface area contributed by atoms with Crippen LogP contribution in [0.25, 0.3) is 0 Å². The van der Waals surface area contributed by atoms with Crippen LogP contribution >= 0.6 is 15.9 Å². The predicted molar refractivity (Wildman–Crippen MR) is 64.9 cm³/mol. The van der Waals surface area contributed by atoms with Crippen molar-refractivity contribution in [3.05, 3.63) is 28.7 Å². The van der Waals surface area contributed by atoms with Crippen LogP contribution in [0.2, 0.25) is 0 Å². The van der Waals surface area contributed by atoms with Crippen molar-refractivity contribution in [3.8, 4) is 0 Å². The lowest BCUT2D eigenvalue weighted by atomic mass is 10.2. The third-order valence-corrected chi connectivity index (χ3v) is 2.00. The van der Waals surface area contributed by atoms with E-state index in [1.165, 1.54) is 0 Å². The van der Waals surface area contributed by atoms with Gasteiger partial charge in [0, 0.05) is 4.47 Å². The van der Waals surface area contributed by atoms with Crippen LogP contribution in [0, 0.1) is 0 Å². The number of benzene rings is 1. The summed E-state index contributed by atoms with van der Waals surface area (Å²) < 4.78 is 5.92. The molecule has 0 aromatic heterocycles. The molecule has 1 amide bonds. The highest BCUT2D eigenvalue weighted by Gasteiger charge is 2.15. The molecule has 0 bridgehead atoms. The molecule has 0 saturated heterocycles. The quantitative estimate of drug-likeness (QED) is 0.715. The number of hydrogen-bond donors (Lipinski definition) is 0. The standard InChI is InChI=1S/C11H13BrN2O2/c1-11(2,3)16-10(15)14-13-9-6-4-8(12)5-7-9/h4-7H,1-3H3. The molecule has 0 atom stereocenters. The van der Waals surface area contributed by atoms with Crippen molar-refractivity contribution in [2.24, 2.45) is 10.2 Å². The predicted octanol–water partition coefficient (Wildman–Crippen LogP) is 4.47. The highest BCUT2D eigenvalue weighted by atomic mass is 79.9. The summed E-state index contributed by atoms with van der Waals surface area (Å²) in [5.74, 6) is 0. The van der Waals surface area contributed by atoms with E-state index in [-0.39, 0.29) is 0 Å². The lowest BCUT2D eigenvalue weighted by Crippen LogP contribution is -2.21. The first-order valence-electron chi connectivity index (χ1n) is 4.77. The second kappa shape index (κ2) is 5.21. The number of amides is 1. The lowest BCUT2D eigenvalue weighted by molar-refractivity contribution is 0.0592. The number of azo groups is 1. The van der Waals surface area contributed by atoms with E-state index in [1.54, 1.807) is 32.9 Å². The molecule has 0 fully saturated rings. The third kappa shape index (κ3) is 5.02. The molecule has 0 aliphatic rings. The van der Waals surface area contributed by atoms with E-state index in [0.717, 1.165) is 4.47 Å². The van der Waals surface area contributed by atoms with Gasteiger partial charge in [0.25, 0.3) is 0 Å². The largest absolute Gasteiger partial charge is 0.452 e. The maximum Gasteiger partial charge on any atom is 0.452 e. The third-order valence-electron chi connectivity index (χ3n) is 1.47. The molecule has 0 radical (unpaired) electrons. The summed E-state index contributed by atoms with van der Waals surface area (Å²) in [7, 11) is 0. The highest BCUT2D eigenvalue weighted by Crippen LogP contribution is 2.17. The Labute approximate surface area is 103 Å². The van der Waals surface area contributed by atoms with E-state index >= 15 is 0 Å². The average Bonchev–Trinajstić information content (AvgIpc) is 2.14. The first kappa shape index (κ1) is 12.8. The van der Waals surface area contributed by atoms with Crippen molar-refractivity contribution in [2.75, 3.05) is 0 Å². The van der Waals surface area contributed by atoms with Gasteiger partial charge >= 0.3 is 6.09 Å². The van der Waals surface area contributed by atoms with Crippen LogP contribution < -0.4 is 0 Å².